The molecule has 1 fully saturated rings. The Morgan fingerprint density at radius 1 is 1.09 bits per heavy atom. The number of carbonyl (C=O) groups is 1. The second-order valence-corrected chi connectivity index (χ2v) is 8.67. The van der Waals surface area contributed by atoms with Gasteiger partial charge in [-0.05, 0) is 60.7 Å². The molecule has 1 aromatic heterocycles. The predicted molar refractivity (Wildman–Crippen MR) is 127 cm³/mol. The lowest BCUT2D eigenvalue weighted by atomic mass is 9.89. The highest BCUT2D eigenvalue weighted by Crippen LogP contribution is 2.32. The summed E-state index contributed by atoms with van der Waals surface area (Å²) in [5.41, 5.74) is 1.34. The average molecular weight is 506 g/mol. The van der Waals surface area contributed by atoms with Crippen LogP contribution in [0.4, 0.5) is 24.5 Å². The summed E-state index contributed by atoms with van der Waals surface area (Å²) in [5.74, 6) is -0.389. The number of rotatable bonds is 6. The Bertz CT molecular complexity index is 1260. The van der Waals surface area contributed by atoms with Crippen molar-refractivity contribution in [3.8, 4) is 5.75 Å². The molecule has 0 aliphatic carbocycles. The smallest absolute Gasteiger partial charge is 0.387 e. The van der Waals surface area contributed by atoms with Gasteiger partial charge in [0, 0.05) is 32.0 Å². The van der Waals surface area contributed by atoms with E-state index in [1.165, 1.54) is 54.2 Å². The van der Waals surface area contributed by atoms with Gasteiger partial charge in [-0.1, -0.05) is 23.7 Å². The summed E-state index contributed by atoms with van der Waals surface area (Å²) >= 11 is 6.33. The molecule has 0 unspecified atom stereocenters. The largest absolute Gasteiger partial charge is 0.435 e. The number of piperidine rings is 1. The normalized spacial score (nSPS) is 14.3. The number of amides is 1. The third kappa shape index (κ3) is 5.62. The number of carbonyl (C=O) groups excluding carboxylic acids is 1. The van der Waals surface area contributed by atoms with Crippen LogP contribution >= 0.6 is 11.6 Å². The molecule has 1 N–H and O–H groups in total. The fourth-order valence-electron chi connectivity index (χ4n) is 4.17. The summed E-state index contributed by atoms with van der Waals surface area (Å²) in [6, 6.07) is 12.0. The van der Waals surface area contributed by atoms with Gasteiger partial charge in [-0.25, -0.2) is 4.39 Å². The summed E-state index contributed by atoms with van der Waals surface area (Å²) in [7, 11) is 1.51. The molecule has 0 bridgehead atoms. The van der Waals surface area contributed by atoms with E-state index >= 15 is 0 Å². The molecule has 3 aromatic rings. The topological polar surface area (TPSA) is 63.6 Å². The summed E-state index contributed by atoms with van der Waals surface area (Å²) < 4.78 is 43.6. The lowest BCUT2D eigenvalue weighted by molar-refractivity contribution is -0.0498. The zero-order valence-corrected chi connectivity index (χ0v) is 19.6. The van der Waals surface area contributed by atoms with E-state index in [1.54, 1.807) is 17.0 Å². The monoisotopic (exact) mass is 505 g/mol. The first-order chi connectivity index (χ1) is 16.7. The minimum absolute atomic E-state index is 0.0269. The van der Waals surface area contributed by atoms with Gasteiger partial charge in [0.1, 0.15) is 16.6 Å². The first-order valence-electron chi connectivity index (χ1n) is 11.0. The number of anilines is 2. The van der Waals surface area contributed by atoms with E-state index in [4.69, 9.17) is 11.6 Å². The second kappa shape index (κ2) is 10.4. The maximum atomic E-state index is 13.4. The van der Waals surface area contributed by atoms with E-state index in [1.807, 2.05) is 0 Å². The molecular formula is C25H23ClF3N3O3. The standard InChI is InChI=1S/C25H23ClF3N3O3/c1-31-14-20(23(33)32-12-10-16(11-13-32)15-2-4-17(27)5-3-15)22(21(26)24(31)34)30-18-6-8-19(9-7-18)35-25(28)29/h2-9,14,16,25,30H,10-13H2,1H3. The Balaban J connectivity index is 1.54. The molecule has 184 valence electrons. The number of nitrogens with zero attached hydrogens (tertiary/aromatic N) is 2. The third-order valence-corrected chi connectivity index (χ3v) is 6.37. The van der Waals surface area contributed by atoms with Crippen LogP contribution in [0.5, 0.6) is 5.75 Å². The number of hydrogen-bond donors (Lipinski definition) is 1. The van der Waals surface area contributed by atoms with E-state index in [-0.39, 0.29) is 39.7 Å². The predicted octanol–water partition coefficient (Wildman–Crippen LogP) is 5.54. The average Bonchev–Trinajstić information content (AvgIpc) is 2.85. The number of nitrogens with one attached hydrogen (secondary N) is 1. The number of likely N-dealkylation sites (tertiary alicyclic amines) is 1. The summed E-state index contributed by atoms with van der Waals surface area (Å²) in [6.07, 6.45) is 2.86. The summed E-state index contributed by atoms with van der Waals surface area (Å²) in [4.78, 5) is 27.6. The first-order valence-corrected chi connectivity index (χ1v) is 11.4. The van der Waals surface area contributed by atoms with Crippen LogP contribution in [0.25, 0.3) is 0 Å². The third-order valence-electron chi connectivity index (χ3n) is 6.02. The van der Waals surface area contributed by atoms with E-state index in [0.29, 0.717) is 31.6 Å². The van der Waals surface area contributed by atoms with Gasteiger partial charge in [0.25, 0.3) is 11.5 Å². The van der Waals surface area contributed by atoms with Crippen molar-refractivity contribution in [3.05, 3.63) is 87.0 Å². The maximum Gasteiger partial charge on any atom is 0.387 e. The number of hydrogen-bond acceptors (Lipinski definition) is 4. The van der Waals surface area contributed by atoms with E-state index in [9.17, 15) is 22.8 Å². The number of ether oxygens (including phenoxy) is 1. The quantitative estimate of drug-likeness (QED) is 0.477. The molecule has 0 spiro atoms. The lowest BCUT2D eigenvalue weighted by Crippen LogP contribution is -2.39. The van der Waals surface area contributed by atoms with Gasteiger partial charge in [0.2, 0.25) is 0 Å². The Kier molecular flexibility index (Phi) is 7.35. The minimum atomic E-state index is -2.95. The van der Waals surface area contributed by atoms with Crippen molar-refractivity contribution in [2.24, 2.45) is 7.05 Å². The van der Waals surface area contributed by atoms with Crippen LogP contribution in [0.15, 0.2) is 59.5 Å². The molecule has 35 heavy (non-hydrogen) atoms. The Morgan fingerprint density at radius 2 is 1.71 bits per heavy atom. The molecule has 1 aliphatic rings. The van der Waals surface area contributed by atoms with Crippen molar-refractivity contribution in [1.29, 1.82) is 0 Å². The van der Waals surface area contributed by atoms with E-state index < -0.39 is 12.2 Å². The zero-order chi connectivity index (χ0) is 25.1. The SMILES string of the molecule is Cn1cc(C(=O)N2CCC(c3ccc(F)cc3)CC2)c(Nc2ccc(OC(F)F)cc2)c(Cl)c1=O. The fourth-order valence-corrected chi connectivity index (χ4v) is 4.45. The number of aromatic nitrogens is 1. The highest BCUT2D eigenvalue weighted by atomic mass is 35.5. The second-order valence-electron chi connectivity index (χ2n) is 8.29. The van der Waals surface area contributed by atoms with Crippen molar-refractivity contribution < 1.29 is 22.7 Å². The number of pyridine rings is 1. The van der Waals surface area contributed by atoms with Gasteiger partial charge in [-0.3, -0.25) is 9.59 Å². The molecule has 0 radical (unpaired) electrons. The van der Waals surface area contributed by atoms with Crippen LogP contribution < -0.4 is 15.6 Å². The molecule has 6 nitrogen and oxygen atoms in total. The highest BCUT2D eigenvalue weighted by molar-refractivity contribution is 6.34. The van der Waals surface area contributed by atoms with Crippen LogP contribution in [0, 0.1) is 5.82 Å². The van der Waals surface area contributed by atoms with Gasteiger partial charge in [-0.2, -0.15) is 8.78 Å². The van der Waals surface area contributed by atoms with Crippen molar-refractivity contribution in [2.75, 3.05) is 18.4 Å². The van der Waals surface area contributed by atoms with Crippen LogP contribution in [-0.2, 0) is 7.05 Å². The van der Waals surface area contributed by atoms with E-state index in [2.05, 4.69) is 10.1 Å². The molecular weight excluding hydrogens is 483 g/mol. The highest BCUT2D eigenvalue weighted by Gasteiger charge is 2.28. The summed E-state index contributed by atoms with van der Waals surface area (Å²) in [6.45, 7) is -1.97. The molecule has 4 rings (SSSR count). The first kappa shape index (κ1) is 24.7. The lowest BCUT2D eigenvalue weighted by Gasteiger charge is -2.33. The minimum Gasteiger partial charge on any atom is -0.435 e. The Labute approximate surface area is 204 Å². The van der Waals surface area contributed by atoms with Crippen molar-refractivity contribution in [2.45, 2.75) is 25.4 Å². The summed E-state index contributed by atoms with van der Waals surface area (Å²) in [5, 5.41) is 2.82. The van der Waals surface area contributed by atoms with Crippen LogP contribution in [0.2, 0.25) is 5.02 Å². The number of alkyl halides is 2. The Morgan fingerprint density at radius 3 is 2.31 bits per heavy atom. The molecule has 10 heteroatoms. The van der Waals surface area contributed by atoms with Gasteiger partial charge in [0.15, 0.2) is 0 Å². The fraction of sp³-hybridized carbons (Fsp3) is 0.280. The van der Waals surface area contributed by atoms with Crippen LogP contribution in [-0.4, -0.2) is 35.1 Å². The molecule has 2 heterocycles. The number of benzene rings is 2. The maximum absolute atomic E-state index is 13.4. The van der Waals surface area contributed by atoms with Gasteiger partial charge in [0.05, 0.1) is 11.3 Å². The number of halogens is 4. The molecule has 0 atom stereocenters. The van der Waals surface area contributed by atoms with Crippen LogP contribution in [0.3, 0.4) is 0 Å². The Hall–Kier alpha value is -3.46. The van der Waals surface area contributed by atoms with Crippen LogP contribution in [0.1, 0.15) is 34.7 Å². The molecule has 2 aromatic carbocycles. The molecule has 1 amide bonds. The molecule has 0 saturated carbocycles. The van der Waals surface area contributed by atoms with Crippen molar-refractivity contribution in [3.63, 3.8) is 0 Å². The molecule has 1 aliphatic heterocycles. The van der Waals surface area contributed by atoms with Gasteiger partial charge in [-0.15, -0.1) is 0 Å². The van der Waals surface area contributed by atoms with Gasteiger partial charge >= 0.3 is 6.61 Å². The zero-order valence-electron chi connectivity index (χ0n) is 18.8. The van der Waals surface area contributed by atoms with Crippen molar-refractivity contribution in [1.82, 2.24) is 9.47 Å². The van der Waals surface area contributed by atoms with E-state index in [0.717, 1.165) is 5.56 Å². The van der Waals surface area contributed by atoms with Gasteiger partial charge < -0.3 is 19.5 Å². The van der Waals surface area contributed by atoms with Crippen molar-refractivity contribution >= 4 is 28.9 Å². The number of aryl methyl sites for hydroxylation is 1. The molecule has 1 saturated heterocycles.